The van der Waals surface area contributed by atoms with Crippen molar-refractivity contribution in [1.29, 1.82) is 0 Å². The molecule has 30 N–H and O–H groups in total. The Bertz CT molecular complexity index is 4240. The maximum absolute atomic E-state index is 14.7. The third-order valence-corrected chi connectivity index (χ3v) is 20.5. The highest BCUT2D eigenvalue weighted by Gasteiger charge is 2.41. The van der Waals surface area contributed by atoms with E-state index in [9.17, 15) is 171 Å². The van der Waals surface area contributed by atoms with Gasteiger partial charge in [0.2, 0.25) is 94.5 Å². The lowest BCUT2D eigenvalue weighted by atomic mass is 10.0. The number of nitrogens with one attached hydrogen (secondary N) is 14. The second-order valence-corrected chi connectivity index (χ2v) is 32.7. The summed E-state index contributed by atoms with van der Waals surface area (Å²) in [7, 11) is 0. The average Bonchev–Trinajstić information content (AvgIpc) is 0.847. The molecule has 0 saturated heterocycles. The molecule has 0 aliphatic carbocycles. The maximum Gasteiger partial charge on any atom is 0.326 e. The van der Waals surface area contributed by atoms with E-state index in [1.807, 2.05) is 16.0 Å². The van der Waals surface area contributed by atoms with Crippen molar-refractivity contribution in [2.75, 3.05) is 36.0 Å². The second kappa shape index (κ2) is 60.6. The number of hydrogen-bond donors (Lipinski definition) is 27. The molecule has 0 aliphatic heterocycles. The number of primary amides is 2. The molecule has 0 aromatic heterocycles. The number of phenolic OH excluding ortho intramolecular Hbond substituents is 1. The fourth-order valence-electron chi connectivity index (χ4n) is 11.8. The van der Waals surface area contributed by atoms with Gasteiger partial charge in [0, 0.05) is 44.9 Å². The van der Waals surface area contributed by atoms with Gasteiger partial charge in [0.1, 0.15) is 90.3 Å². The highest BCUT2D eigenvalue weighted by atomic mass is 32.2. The van der Waals surface area contributed by atoms with E-state index in [1.165, 1.54) is 37.7 Å². The minimum atomic E-state index is -2.42. The molecule has 0 unspecified atom stereocenters. The lowest BCUT2D eigenvalue weighted by Crippen LogP contribution is -2.61. The van der Waals surface area contributed by atoms with Crippen LogP contribution in [0.3, 0.4) is 0 Å². The van der Waals surface area contributed by atoms with Gasteiger partial charge in [-0.25, -0.2) is 4.79 Å². The van der Waals surface area contributed by atoms with E-state index in [4.69, 9.17) is 17.2 Å². The Morgan fingerprint density at radius 2 is 0.504 bits per heavy atom. The molecule has 1 rings (SSSR count). The van der Waals surface area contributed by atoms with Gasteiger partial charge in [-0.15, -0.1) is 0 Å². The highest BCUT2D eigenvalue weighted by molar-refractivity contribution is 7.99. The number of nitrogens with two attached hydrogens (primary N) is 3. The SMILES string of the molecule is CSCC[C@H](NC(=O)[C@H](CCSC)NC(=O)[C@H](CC(=O)O)NC(=O)[C@H](CCC(=O)O)NC(=O)[C@H](Cc1ccc(O)cc1)NC(=O)[C@H](CC(=O)O)NC(=O)[C@H](CC(=O)O)NC(=O)[C@H](CCC(N)=O)NC(=O)[C@H](CC(C)C)NC(=O)[C@H](CCC(=O)O)NC(=O)[C@H](CCC(=O)O)NC(=O)[C@@H](N)CCSC)C(=O)N[C@@H](CCC(=O)O)C(=O)N[C@@H](CCC(=O)O)C(=O)N[C@@H](CC(N)=O)C(=O)O. The molecule has 15 atom stereocenters. The summed E-state index contributed by atoms with van der Waals surface area (Å²) in [6.07, 6.45) is -11.5. The van der Waals surface area contributed by atoms with Crippen molar-refractivity contribution in [3.63, 3.8) is 0 Å². The summed E-state index contributed by atoms with van der Waals surface area (Å²) < 4.78 is 0. The molecule has 0 aliphatic rings. The van der Waals surface area contributed by atoms with Crippen LogP contribution in [0.4, 0.5) is 0 Å². The van der Waals surface area contributed by atoms with Gasteiger partial charge in [-0.1, -0.05) is 26.0 Å². The second-order valence-electron chi connectivity index (χ2n) is 29.8. The van der Waals surface area contributed by atoms with Gasteiger partial charge in [-0.05, 0) is 124 Å². The number of phenols is 1. The predicted octanol–water partition coefficient (Wildman–Crippen LogP) is -7.67. The molecule has 52 nitrogen and oxygen atoms in total. The number of carbonyl (C=O) groups is 25. The summed E-state index contributed by atoms with van der Waals surface area (Å²) in [6.45, 7) is 3.08. The molecule has 0 radical (unpaired) electrons. The van der Waals surface area contributed by atoms with Gasteiger partial charge in [-0.2, -0.15) is 35.3 Å². The van der Waals surface area contributed by atoms with E-state index >= 15 is 0 Å². The number of amides is 16. The molecule has 131 heavy (non-hydrogen) atoms. The van der Waals surface area contributed by atoms with E-state index < -0.39 is 354 Å². The van der Waals surface area contributed by atoms with Gasteiger partial charge < -0.3 is 143 Å². The summed E-state index contributed by atoms with van der Waals surface area (Å²) in [5.41, 5.74) is 16.5. The molecule has 730 valence electrons. The molecule has 1 aromatic rings. The van der Waals surface area contributed by atoms with Crippen molar-refractivity contribution in [1.82, 2.24) is 74.4 Å². The van der Waals surface area contributed by atoms with Gasteiger partial charge in [0.15, 0.2) is 0 Å². The van der Waals surface area contributed by atoms with Crippen molar-refractivity contribution in [2.45, 2.75) is 239 Å². The Hall–Kier alpha value is -13.2. The van der Waals surface area contributed by atoms with Gasteiger partial charge in [0.25, 0.3) is 0 Å². The molecule has 0 spiro atoms. The van der Waals surface area contributed by atoms with Crippen molar-refractivity contribution < 1.29 is 171 Å². The number of hydrogen-bond acceptors (Lipinski definition) is 30. The lowest BCUT2D eigenvalue weighted by molar-refractivity contribution is -0.144. The van der Waals surface area contributed by atoms with Crippen molar-refractivity contribution in [3.8, 4) is 5.75 Å². The van der Waals surface area contributed by atoms with Crippen LogP contribution in [-0.4, -0.2) is 326 Å². The molecule has 0 fully saturated rings. The predicted molar refractivity (Wildman–Crippen MR) is 456 cm³/mol. The van der Waals surface area contributed by atoms with Crippen LogP contribution in [0.1, 0.15) is 148 Å². The van der Waals surface area contributed by atoms with E-state index in [1.54, 1.807) is 18.8 Å². The minimum Gasteiger partial charge on any atom is -0.508 e. The first kappa shape index (κ1) is 116. The summed E-state index contributed by atoms with van der Waals surface area (Å²) in [5, 5.41) is 128. The molecule has 0 saturated carbocycles. The first-order valence-corrected chi connectivity index (χ1v) is 44.3. The standard InChI is InChI=1S/C76H113N17O35S3/c1-34(2)28-46(88-66(117)41(13-19-56(101)102)81-63(114)39(11-17-54(97)98)80-62(113)37(77)22-25-129-3)71(122)84-38(10-16-52(78)95)65(116)91-49(32-60(109)110)75(126)92-50(33-61(111)112)74(125)89-47(29-35-6-8-36(94)9-7-35)72(123)85-42(14-20-57(103)104)67(118)90-48(31-59(107)108)73(124)87-45(24-27-131-5)70(121)86-44(23-26-130-4)69(120)83-40(12-18-55(99)100)64(115)82-43(15-21-58(105)106)68(119)93-51(76(127)128)30-53(79)96/h6-9,34,37-51,94H,10-33,77H2,1-5H3,(H2,78,95)(H2,79,96)(H,80,113)(H,81,114)(H,82,115)(H,83,120)(H,84,122)(H,85,123)(H,86,121)(H,87,124)(H,88,117)(H,89,125)(H,90,118)(H,91,116)(H,92,126)(H,93,119)(H,97,98)(H,99,100)(H,101,102)(H,103,104)(H,105,106)(H,107,108)(H,109,110)(H,111,112)(H,127,128)/t37-,38-,39-,40-,41-,42-,43-,44-,45-,46-,47-,48-,49-,50-,51-/m0/s1. The van der Waals surface area contributed by atoms with Crippen LogP contribution in [0.5, 0.6) is 5.75 Å². The van der Waals surface area contributed by atoms with E-state index in [0.717, 1.165) is 35.7 Å². The number of thioether (sulfide) groups is 3. The molecular formula is C76H113N17O35S3. The smallest absolute Gasteiger partial charge is 0.326 e. The topological polar surface area (TPSA) is 876 Å². The third-order valence-electron chi connectivity index (χ3n) is 18.6. The summed E-state index contributed by atoms with van der Waals surface area (Å²) in [4.78, 5) is 330. The zero-order valence-corrected chi connectivity index (χ0v) is 74.1. The van der Waals surface area contributed by atoms with Crippen LogP contribution in [0.15, 0.2) is 24.3 Å². The Morgan fingerprint density at radius 3 is 0.763 bits per heavy atom. The summed E-state index contributed by atoms with van der Waals surface area (Å²) >= 11 is 3.53. The fourth-order valence-corrected chi connectivity index (χ4v) is 13.2. The number of carboxylic acids is 9. The largest absolute Gasteiger partial charge is 0.508 e. The summed E-state index contributed by atoms with van der Waals surface area (Å²) in [5.74, 6) is -36.9. The number of carboxylic acid groups (broad SMARTS) is 9. The van der Waals surface area contributed by atoms with Gasteiger partial charge >= 0.3 is 53.7 Å². The molecule has 16 amide bonds. The fraction of sp³-hybridized carbons (Fsp3) is 0.592. The average molecular weight is 1920 g/mol. The lowest BCUT2D eigenvalue weighted by Gasteiger charge is -2.28. The first-order valence-electron chi connectivity index (χ1n) is 40.1. The van der Waals surface area contributed by atoms with Crippen molar-refractivity contribution in [2.24, 2.45) is 23.1 Å². The summed E-state index contributed by atoms with van der Waals surface area (Å²) in [6, 6.07) is -24.8. The third kappa shape index (κ3) is 48.1. The molecule has 1 aromatic carbocycles. The molecular weight excluding hydrogens is 1810 g/mol. The van der Waals surface area contributed by atoms with E-state index in [-0.39, 0.29) is 48.5 Å². The van der Waals surface area contributed by atoms with Crippen LogP contribution in [0.25, 0.3) is 0 Å². The number of rotatable bonds is 68. The minimum absolute atomic E-state index is 0.00304. The van der Waals surface area contributed by atoms with E-state index in [2.05, 4.69) is 58.5 Å². The number of aromatic hydroxyl groups is 1. The number of aliphatic carboxylic acids is 9. The quantitative estimate of drug-likeness (QED) is 0.0288. The number of benzene rings is 1. The monoisotopic (exact) mass is 1920 g/mol. The van der Waals surface area contributed by atoms with Crippen molar-refractivity contribution >= 4 is 184 Å². The van der Waals surface area contributed by atoms with Gasteiger partial charge in [0.05, 0.1) is 31.7 Å². The Labute approximate surface area is 759 Å². The van der Waals surface area contributed by atoms with Crippen LogP contribution >= 0.6 is 35.3 Å². The normalized spacial score (nSPS) is 14.4. The Balaban J connectivity index is 3.93. The number of carbonyl (C=O) groups excluding carboxylic acids is 16. The molecule has 0 bridgehead atoms. The Morgan fingerprint density at radius 1 is 0.275 bits per heavy atom. The highest BCUT2D eigenvalue weighted by Crippen LogP contribution is 2.17. The van der Waals surface area contributed by atoms with Crippen LogP contribution in [0.2, 0.25) is 0 Å². The van der Waals surface area contributed by atoms with Crippen LogP contribution in [0, 0.1) is 5.92 Å². The van der Waals surface area contributed by atoms with Crippen LogP contribution < -0.4 is 91.6 Å². The van der Waals surface area contributed by atoms with Gasteiger partial charge in [-0.3, -0.25) is 115 Å². The molecule has 0 heterocycles. The molecule has 55 heteroatoms. The van der Waals surface area contributed by atoms with E-state index in [0.29, 0.717) is 5.75 Å². The zero-order chi connectivity index (χ0) is 99.6. The zero-order valence-electron chi connectivity index (χ0n) is 71.7. The maximum atomic E-state index is 14.7. The Kier molecular flexibility index (Phi) is 53.5. The first-order chi connectivity index (χ1) is 61.3. The van der Waals surface area contributed by atoms with Crippen molar-refractivity contribution in [3.05, 3.63) is 29.8 Å². The van der Waals surface area contributed by atoms with Crippen LogP contribution in [-0.2, 0) is 126 Å².